The summed E-state index contributed by atoms with van der Waals surface area (Å²) < 4.78 is 10.8. The van der Waals surface area contributed by atoms with Crippen LogP contribution in [-0.2, 0) is 14.3 Å². The lowest BCUT2D eigenvalue weighted by Crippen LogP contribution is -2.44. The molecule has 5 nitrogen and oxygen atoms in total. The standard InChI is InChI=1S/C14H17NO4/c16-8-11-6-15(7-12-13(11)19-12)14(18-9-17)10-4-2-1-3-5-10/h1-5,9,11-14,16H,6-8H2. The van der Waals surface area contributed by atoms with Gasteiger partial charge in [-0.05, 0) is 0 Å². The van der Waals surface area contributed by atoms with Crippen LogP contribution in [0.15, 0.2) is 30.3 Å². The smallest absolute Gasteiger partial charge is 0.294 e. The van der Waals surface area contributed by atoms with Crippen molar-refractivity contribution in [3.05, 3.63) is 35.9 Å². The van der Waals surface area contributed by atoms with Crippen LogP contribution in [0.4, 0.5) is 0 Å². The number of rotatable bonds is 5. The van der Waals surface area contributed by atoms with E-state index in [-0.39, 0.29) is 24.7 Å². The van der Waals surface area contributed by atoms with E-state index in [1.165, 1.54) is 0 Å². The molecule has 2 aliphatic heterocycles. The summed E-state index contributed by atoms with van der Waals surface area (Å²) in [5.41, 5.74) is 0.936. The van der Waals surface area contributed by atoms with Gasteiger partial charge in [-0.15, -0.1) is 0 Å². The van der Waals surface area contributed by atoms with Crippen molar-refractivity contribution >= 4 is 6.47 Å². The number of likely N-dealkylation sites (tertiary alicyclic amines) is 1. The van der Waals surface area contributed by atoms with Crippen LogP contribution in [0.25, 0.3) is 0 Å². The minimum absolute atomic E-state index is 0.0974. The van der Waals surface area contributed by atoms with Gasteiger partial charge in [-0.2, -0.15) is 0 Å². The number of nitrogens with zero attached hydrogens (tertiary/aromatic N) is 1. The molecule has 3 rings (SSSR count). The second-order valence-electron chi connectivity index (χ2n) is 5.03. The molecule has 4 unspecified atom stereocenters. The van der Waals surface area contributed by atoms with Gasteiger partial charge in [-0.25, -0.2) is 0 Å². The van der Waals surface area contributed by atoms with Crippen molar-refractivity contribution < 1.29 is 19.4 Å². The zero-order chi connectivity index (χ0) is 13.2. The normalized spacial score (nSPS) is 31.3. The second kappa shape index (κ2) is 5.28. The number of carbonyl (C=O) groups excluding carboxylic acids is 1. The number of hydrogen-bond acceptors (Lipinski definition) is 5. The fourth-order valence-corrected chi connectivity index (χ4v) is 2.83. The number of piperidine rings is 1. The van der Waals surface area contributed by atoms with Gasteiger partial charge in [0, 0.05) is 31.2 Å². The third-order valence-corrected chi connectivity index (χ3v) is 3.81. The average molecular weight is 263 g/mol. The summed E-state index contributed by atoms with van der Waals surface area (Å²) in [5.74, 6) is 0.0974. The lowest BCUT2D eigenvalue weighted by molar-refractivity contribution is -0.146. The highest BCUT2D eigenvalue weighted by molar-refractivity contribution is 5.38. The molecule has 0 amide bonds. The zero-order valence-electron chi connectivity index (χ0n) is 10.5. The predicted octanol–water partition coefficient (Wildman–Crippen LogP) is 0.550. The van der Waals surface area contributed by atoms with E-state index in [2.05, 4.69) is 4.90 Å². The number of ether oxygens (including phenoxy) is 2. The molecule has 2 heterocycles. The summed E-state index contributed by atoms with van der Waals surface area (Å²) in [5, 5.41) is 9.37. The van der Waals surface area contributed by atoms with Gasteiger partial charge in [-0.1, -0.05) is 30.3 Å². The maximum atomic E-state index is 10.7. The Morgan fingerprint density at radius 1 is 1.42 bits per heavy atom. The van der Waals surface area contributed by atoms with E-state index >= 15 is 0 Å². The fraction of sp³-hybridized carbons (Fsp3) is 0.500. The predicted molar refractivity (Wildman–Crippen MR) is 67.1 cm³/mol. The summed E-state index contributed by atoms with van der Waals surface area (Å²) in [6.45, 7) is 1.98. The molecule has 4 atom stereocenters. The molecule has 1 aromatic carbocycles. The van der Waals surface area contributed by atoms with Gasteiger partial charge in [0.1, 0.15) is 0 Å². The van der Waals surface area contributed by atoms with Crippen LogP contribution in [0.3, 0.4) is 0 Å². The fourth-order valence-electron chi connectivity index (χ4n) is 2.83. The van der Waals surface area contributed by atoms with Gasteiger partial charge in [0.25, 0.3) is 6.47 Å². The van der Waals surface area contributed by atoms with Gasteiger partial charge in [0.15, 0.2) is 6.23 Å². The van der Waals surface area contributed by atoms with Gasteiger partial charge >= 0.3 is 0 Å². The number of aliphatic hydroxyl groups excluding tert-OH is 1. The summed E-state index contributed by atoms with van der Waals surface area (Å²) in [7, 11) is 0. The van der Waals surface area contributed by atoms with Crippen molar-refractivity contribution in [3.8, 4) is 0 Å². The Morgan fingerprint density at radius 3 is 2.89 bits per heavy atom. The van der Waals surface area contributed by atoms with Gasteiger partial charge in [0.05, 0.1) is 12.2 Å². The van der Waals surface area contributed by atoms with Crippen LogP contribution >= 0.6 is 0 Å². The van der Waals surface area contributed by atoms with Crippen LogP contribution < -0.4 is 0 Å². The van der Waals surface area contributed by atoms with Gasteiger partial charge in [0.2, 0.25) is 0 Å². The Kier molecular flexibility index (Phi) is 3.50. The number of hydrogen-bond donors (Lipinski definition) is 1. The first kappa shape index (κ1) is 12.6. The number of fused-ring (bicyclic) bond motifs is 1. The van der Waals surface area contributed by atoms with E-state index in [1.807, 2.05) is 30.3 Å². The molecule has 1 N–H and O–H groups in total. The lowest BCUT2D eigenvalue weighted by atomic mass is 9.98. The number of carbonyl (C=O) groups is 1. The highest BCUT2D eigenvalue weighted by atomic mass is 16.6. The van der Waals surface area contributed by atoms with Crippen molar-refractivity contribution in [3.63, 3.8) is 0 Å². The first-order valence-electron chi connectivity index (χ1n) is 6.48. The Bertz CT molecular complexity index is 438. The highest BCUT2D eigenvalue weighted by Gasteiger charge is 2.51. The lowest BCUT2D eigenvalue weighted by Gasteiger charge is -2.34. The Hall–Kier alpha value is -1.43. The molecule has 102 valence electrons. The molecular weight excluding hydrogens is 246 g/mol. The minimum Gasteiger partial charge on any atom is -0.444 e. The molecule has 0 spiro atoms. The van der Waals surface area contributed by atoms with Crippen molar-refractivity contribution in [1.82, 2.24) is 4.90 Å². The summed E-state index contributed by atoms with van der Waals surface area (Å²) >= 11 is 0. The first-order valence-corrected chi connectivity index (χ1v) is 6.48. The third-order valence-electron chi connectivity index (χ3n) is 3.81. The largest absolute Gasteiger partial charge is 0.444 e. The molecule has 0 aliphatic carbocycles. The highest BCUT2D eigenvalue weighted by Crippen LogP contribution is 2.38. The van der Waals surface area contributed by atoms with E-state index in [1.54, 1.807) is 0 Å². The second-order valence-corrected chi connectivity index (χ2v) is 5.03. The van der Waals surface area contributed by atoms with Crippen LogP contribution in [0.1, 0.15) is 11.8 Å². The monoisotopic (exact) mass is 263 g/mol. The molecule has 2 aliphatic rings. The van der Waals surface area contributed by atoms with Crippen molar-refractivity contribution in [2.24, 2.45) is 5.92 Å². The van der Waals surface area contributed by atoms with Crippen LogP contribution in [0.2, 0.25) is 0 Å². The molecule has 0 bridgehead atoms. The summed E-state index contributed by atoms with van der Waals surface area (Å²) in [6.07, 6.45) is -0.0702. The maximum absolute atomic E-state index is 10.7. The molecule has 19 heavy (non-hydrogen) atoms. The zero-order valence-corrected chi connectivity index (χ0v) is 10.5. The molecule has 0 saturated carbocycles. The Morgan fingerprint density at radius 2 is 2.21 bits per heavy atom. The van der Waals surface area contributed by atoms with E-state index in [0.717, 1.165) is 12.1 Å². The SMILES string of the molecule is O=COC(c1ccccc1)N1CC(CO)C2OC2C1. The van der Waals surface area contributed by atoms with Crippen LogP contribution in [0, 0.1) is 5.92 Å². The van der Waals surface area contributed by atoms with E-state index in [9.17, 15) is 9.90 Å². The maximum Gasteiger partial charge on any atom is 0.294 e. The molecule has 2 saturated heterocycles. The topological polar surface area (TPSA) is 62.3 Å². The number of epoxide rings is 1. The van der Waals surface area contributed by atoms with Gasteiger partial charge < -0.3 is 14.6 Å². The van der Waals surface area contributed by atoms with E-state index < -0.39 is 6.23 Å². The van der Waals surface area contributed by atoms with Crippen LogP contribution in [0.5, 0.6) is 0 Å². The molecule has 0 aromatic heterocycles. The summed E-state index contributed by atoms with van der Waals surface area (Å²) in [4.78, 5) is 12.8. The third kappa shape index (κ3) is 2.49. The minimum atomic E-state index is -0.405. The quantitative estimate of drug-likeness (QED) is 0.621. The van der Waals surface area contributed by atoms with Gasteiger partial charge in [-0.3, -0.25) is 9.69 Å². The molecule has 2 fully saturated rings. The van der Waals surface area contributed by atoms with Crippen molar-refractivity contribution in [2.45, 2.75) is 18.4 Å². The average Bonchev–Trinajstić information content (AvgIpc) is 3.24. The van der Waals surface area contributed by atoms with Crippen LogP contribution in [-0.4, -0.2) is 48.4 Å². The number of benzene rings is 1. The van der Waals surface area contributed by atoms with E-state index in [0.29, 0.717) is 13.0 Å². The molecule has 5 heteroatoms. The van der Waals surface area contributed by atoms with E-state index in [4.69, 9.17) is 9.47 Å². The van der Waals surface area contributed by atoms with Crippen molar-refractivity contribution in [1.29, 1.82) is 0 Å². The first-order chi connectivity index (χ1) is 9.33. The Balaban J connectivity index is 1.78. The Labute approximate surface area is 111 Å². The van der Waals surface area contributed by atoms with Crippen molar-refractivity contribution in [2.75, 3.05) is 19.7 Å². The molecule has 0 radical (unpaired) electrons. The number of aliphatic hydroxyl groups is 1. The molecular formula is C14H17NO4. The summed E-state index contributed by atoms with van der Waals surface area (Å²) in [6, 6.07) is 9.62. The molecule has 1 aromatic rings.